The molecule has 1 aliphatic heterocycles. The van der Waals surface area contributed by atoms with Crippen molar-refractivity contribution >= 4 is 30.0 Å². The monoisotopic (exact) mass is 522 g/mol. The molecule has 0 aliphatic carbocycles. The number of carboxylic acid groups (broad SMARTS) is 1. The van der Waals surface area contributed by atoms with Gasteiger partial charge in [0.15, 0.2) is 29.7 Å². The van der Waals surface area contributed by atoms with Crippen molar-refractivity contribution in [3.8, 4) is 17.2 Å². The van der Waals surface area contributed by atoms with Gasteiger partial charge in [-0.15, -0.1) is 12.4 Å². The molecule has 2 aromatic carbocycles. The van der Waals surface area contributed by atoms with Gasteiger partial charge in [-0.05, 0) is 41.7 Å². The molecule has 0 saturated heterocycles. The van der Waals surface area contributed by atoms with Crippen molar-refractivity contribution in [1.29, 1.82) is 5.41 Å². The summed E-state index contributed by atoms with van der Waals surface area (Å²) in [6.45, 7) is 7.72. The Hall–Kier alpha value is -3.33. The smallest absolute Gasteiger partial charge is 0.341 e. The second-order valence-electron chi connectivity index (χ2n) is 9.38. The van der Waals surface area contributed by atoms with E-state index in [-0.39, 0.29) is 54.2 Å². The number of nitrogens with zero attached hydrogens (tertiary/aromatic N) is 1. The van der Waals surface area contributed by atoms with E-state index in [2.05, 4.69) is 0 Å². The van der Waals surface area contributed by atoms with Crippen molar-refractivity contribution < 1.29 is 33.3 Å². The Bertz CT molecular complexity index is 1160. The van der Waals surface area contributed by atoms with Crippen molar-refractivity contribution in [2.24, 2.45) is 0 Å². The maximum atomic E-state index is 15.2. The molecule has 1 heterocycles. The number of nitrogens with one attached hydrogen (secondary N) is 1. The summed E-state index contributed by atoms with van der Waals surface area (Å²) < 4.78 is 31.4. The lowest BCUT2D eigenvalue weighted by molar-refractivity contribution is -0.139. The van der Waals surface area contributed by atoms with E-state index in [1.807, 2.05) is 27.7 Å². The van der Waals surface area contributed by atoms with Crippen LogP contribution in [0.15, 0.2) is 24.3 Å². The SMILES string of the molecule is CCCOc1cc2c(c(F)c1OC)C(=N)N(CC(=O)c1ccc(OCC(=O)O)c(C(C)(C)C)c1)C2.Cl. The minimum Gasteiger partial charge on any atom is -0.490 e. The summed E-state index contributed by atoms with van der Waals surface area (Å²) in [6, 6.07) is 6.51. The first-order chi connectivity index (χ1) is 16.5. The molecule has 0 bridgehead atoms. The highest BCUT2D eigenvalue weighted by Gasteiger charge is 2.33. The second kappa shape index (κ2) is 11.6. The summed E-state index contributed by atoms with van der Waals surface area (Å²) in [7, 11) is 1.35. The fourth-order valence-corrected chi connectivity index (χ4v) is 3.95. The number of hydrogen-bond donors (Lipinski definition) is 2. The summed E-state index contributed by atoms with van der Waals surface area (Å²) in [4.78, 5) is 25.6. The number of fused-ring (bicyclic) bond motifs is 1. The quantitative estimate of drug-likeness (QED) is 0.430. The molecule has 0 unspecified atom stereocenters. The van der Waals surface area contributed by atoms with Crippen LogP contribution in [0.3, 0.4) is 0 Å². The van der Waals surface area contributed by atoms with Gasteiger partial charge in [0, 0.05) is 17.7 Å². The molecular weight excluding hydrogens is 491 g/mol. The van der Waals surface area contributed by atoms with Crippen LogP contribution in [-0.4, -0.2) is 54.5 Å². The van der Waals surface area contributed by atoms with Gasteiger partial charge >= 0.3 is 5.97 Å². The Morgan fingerprint density at radius 2 is 1.86 bits per heavy atom. The molecule has 0 atom stereocenters. The average Bonchev–Trinajstić information content (AvgIpc) is 3.10. The Balaban J connectivity index is 0.00000456. The van der Waals surface area contributed by atoms with Gasteiger partial charge in [0.1, 0.15) is 11.6 Å². The Labute approximate surface area is 216 Å². The predicted molar refractivity (Wildman–Crippen MR) is 136 cm³/mol. The fourth-order valence-electron chi connectivity index (χ4n) is 3.95. The van der Waals surface area contributed by atoms with Crippen molar-refractivity contribution in [1.82, 2.24) is 4.90 Å². The number of rotatable bonds is 10. The lowest BCUT2D eigenvalue weighted by Gasteiger charge is -2.24. The lowest BCUT2D eigenvalue weighted by atomic mass is 9.85. The Morgan fingerprint density at radius 1 is 1.17 bits per heavy atom. The van der Waals surface area contributed by atoms with E-state index in [0.717, 1.165) is 6.42 Å². The van der Waals surface area contributed by atoms with E-state index >= 15 is 4.39 Å². The van der Waals surface area contributed by atoms with E-state index in [0.29, 0.717) is 29.0 Å². The van der Waals surface area contributed by atoms with Gasteiger partial charge in [0.25, 0.3) is 0 Å². The van der Waals surface area contributed by atoms with Gasteiger partial charge in [-0.2, -0.15) is 0 Å². The van der Waals surface area contributed by atoms with Crippen LogP contribution in [0.5, 0.6) is 17.2 Å². The van der Waals surface area contributed by atoms with Crippen LogP contribution in [0.1, 0.15) is 61.2 Å². The van der Waals surface area contributed by atoms with Gasteiger partial charge in [-0.1, -0.05) is 27.7 Å². The number of ketones is 1. The van der Waals surface area contributed by atoms with E-state index in [9.17, 15) is 9.59 Å². The number of carbonyl (C=O) groups is 2. The first kappa shape index (κ1) is 28.9. The number of carboxylic acids is 1. The number of Topliss-reactive ketones (excluding diaryl/α,β-unsaturated/α-hetero) is 1. The fraction of sp³-hybridized carbons (Fsp3) is 0.423. The van der Waals surface area contributed by atoms with Crippen molar-refractivity contribution in [2.75, 3.05) is 26.9 Å². The van der Waals surface area contributed by atoms with E-state index in [1.54, 1.807) is 24.3 Å². The first-order valence-electron chi connectivity index (χ1n) is 11.4. The molecule has 0 fully saturated rings. The van der Waals surface area contributed by atoms with Gasteiger partial charge in [0.05, 0.1) is 25.8 Å². The Kier molecular flexibility index (Phi) is 9.32. The minimum absolute atomic E-state index is 0. The molecule has 0 radical (unpaired) electrons. The number of halogens is 2. The van der Waals surface area contributed by atoms with Crippen LogP contribution in [0, 0.1) is 11.2 Å². The third-order valence-corrected chi connectivity index (χ3v) is 5.64. The number of amidine groups is 1. The Morgan fingerprint density at radius 3 is 2.44 bits per heavy atom. The maximum Gasteiger partial charge on any atom is 0.341 e. The standard InChI is InChI=1S/C26H31FN2O6.ClH/c1-6-9-34-20-11-16-12-29(25(28)22(16)23(27)24(20)33-5)13-18(30)15-7-8-19(35-14-21(31)32)17(10-15)26(2,3)4;/h7-8,10-11,28H,6,9,12-14H2,1-5H3,(H,31,32);1H. The zero-order chi connectivity index (χ0) is 25.9. The topological polar surface area (TPSA) is 109 Å². The maximum absolute atomic E-state index is 15.2. The van der Waals surface area contributed by atoms with Crippen LogP contribution in [-0.2, 0) is 16.8 Å². The number of benzene rings is 2. The summed E-state index contributed by atoms with van der Waals surface area (Å²) >= 11 is 0. The van der Waals surface area contributed by atoms with Crippen LogP contribution in [0.2, 0.25) is 0 Å². The van der Waals surface area contributed by atoms with E-state index in [1.165, 1.54) is 12.0 Å². The number of methoxy groups -OCH3 is 1. The third kappa shape index (κ3) is 6.07. The molecule has 0 spiro atoms. The van der Waals surface area contributed by atoms with Crippen LogP contribution < -0.4 is 14.2 Å². The molecule has 10 heteroatoms. The molecule has 1 aliphatic rings. The van der Waals surface area contributed by atoms with Crippen LogP contribution in [0.4, 0.5) is 4.39 Å². The van der Waals surface area contributed by atoms with Gasteiger partial charge < -0.3 is 24.2 Å². The molecule has 0 amide bonds. The van der Waals surface area contributed by atoms with E-state index in [4.69, 9.17) is 24.7 Å². The first-order valence-corrected chi connectivity index (χ1v) is 11.4. The zero-order valence-corrected chi connectivity index (χ0v) is 21.9. The third-order valence-electron chi connectivity index (χ3n) is 5.64. The van der Waals surface area contributed by atoms with Crippen molar-refractivity contribution in [3.63, 3.8) is 0 Å². The molecule has 2 N–H and O–H groups in total. The lowest BCUT2D eigenvalue weighted by Crippen LogP contribution is -2.30. The molecule has 2 aromatic rings. The average molecular weight is 523 g/mol. The highest BCUT2D eigenvalue weighted by molar-refractivity contribution is 6.06. The number of aliphatic carboxylic acids is 1. The number of hydrogen-bond acceptors (Lipinski definition) is 6. The van der Waals surface area contributed by atoms with Gasteiger partial charge in [-0.25, -0.2) is 9.18 Å². The summed E-state index contributed by atoms with van der Waals surface area (Å²) in [5.74, 6) is -1.50. The molecule has 0 saturated carbocycles. The predicted octanol–water partition coefficient (Wildman–Crippen LogP) is 4.83. The van der Waals surface area contributed by atoms with E-state index < -0.39 is 23.8 Å². The molecule has 0 aromatic heterocycles. The summed E-state index contributed by atoms with van der Waals surface area (Å²) in [5.41, 5.74) is 1.34. The zero-order valence-electron chi connectivity index (χ0n) is 21.1. The number of carbonyl (C=O) groups excluding carboxylic acids is 1. The molecule has 196 valence electrons. The molecule has 3 rings (SSSR count). The summed E-state index contributed by atoms with van der Waals surface area (Å²) in [6.07, 6.45) is 0.745. The highest BCUT2D eigenvalue weighted by atomic mass is 35.5. The summed E-state index contributed by atoms with van der Waals surface area (Å²) in [5, 5.41) is 17.4. The van der Waals surface area contributed by atoms with Gasteiger partial charge in [0.2, 0.25) is 0 Å². The number of ether oxygens (including phenoxy) is 3. The molecular formula is C26H32ClFN2O6. The van der Waals surface area contributed by atoms with Gasteiger partial charge in [-0.3, -0.25) is 10.2 Å². The van der Waals surface area contributed by atoms with Crippen molar-refractivity contribution in [2.45, 2.75) is 46.1 Å². The molecule has 8 nitrogen and oxygen atoms in total. The second-order valence-corrected chi connectivity index (χ2v) is 9.38. The van der Waals surface area contributed by atoms with Crippen LogP contribution >= 0.6 is 12.4 Å². The largest absolute Gasteiger partial charge is 0.490 e. The van der Waals surface area contributed by atoms with Crippen LogP contribution in [0.25, 0.3) is 0 Å². The normalized spacial score (nSPS) is 12.6. The van der Waals surface area contributed by atoms with Crippen molar-refractivity contribution in [3.05, 3.63) is 52.3 Å². The minimum atomic E-state index is -1.09. The highest BCUT2D eigenvalue weighted by Crippen LogP contribution is 2.39. The molecule has 36 heavy (non-hydrogen) atoms.